The molecule has 9 heteroatoms. The molecule has 9 nitrogen and oxygen atoms in total. The number of carbonyl (C=O) groups excluding carboxylic acids is 2. The lowest BCUT2D eigenvalue weighted by Crippen LogP contribution is -2.51. The SMILES string of the molecule is CN(Cc1nc2c(C(=O)N3CCN(C(=O)CN)CC3)cccc2[nH]1)C1CCCc2cccnc21. The van der Waals surface area contributed by atoms with E-state index in [1.54, 1.807) is 9.80 Å². The first-order chi connectivity index (χ1) is 16.5. The van der Waals surface area contributed by atoms with Gasteiger partial charge in [0, 0.05) is 32.4 Å². The first kappa shape index (κ1) is 22.5. The van der Waals surface area contributed by atoms with Gasteiger partial charge in [0.15, 0.2) is 0 Å². The quantitative estimate of drug-likeness (QED) is 0.598. The predicted octanol–water partition coefficient (Wildman–Crippen LogP) is 1.71. The van der Waals surface area contributed by atoms with Crippen LogP contribution in [0.15, 0.2) is 36.5 Å². The molecule has 0 saturated carbocycles. The number of aryl methyl sites for hydroxylation is 1. The van der Waals surface area contributed by atoms with E-state index < -0.39 is 0 Å². The minimum Gasteiger partial charge on any atom is -0.341 e. The molecule has 34 heavy (non-hydrogen) atoms. The molecule has 1 atom stereocenters. The van der Waals surface area contributed by atoms with Crippen LogP contribution in [-0.2, 0) is 17.8 Å². The van der Waals surface area contributed by atoms with Gasteiger partial charge in [-0.3, -0.25) is 19.5 Å². The van der Waals surface area contributed by atoms with E-state index in [1.165, 1.54) is 5.56 Å². The van der Waals surface area contributed by atoms with Crippen LogP contribution in [0.4, 0.5) is 0 Å². The van der Waals surface area contributed by atoms with Crippen LogP contribution >= 0.6 is 0 Å². The Morgan fingerprint density at radius 3 is 2.74 bits per heavy atom. The zero-order valence-corrected chi connectivity index (χ0v) is 19.5. The summed E-state index contributed by atoms with van der Waals surface area (Å²) in [4.78, 5) is 43.8. The fourth-order valence-corrected chi connectivity index (χ4v) is 5.15. The molecular weight excluding hydrogens is 430 g/mol. The third-order valence-electron chi connectivity index (χ3n) is 6.98. The average Bonchev–Trinajstić information content (AvgIpc) is 3.30. The maximum atomic E-state index is 13.3. The lowest BCUT2D eigenvalue weighted by Gasteiger charge is -2.34. The summed E-state index contributed by atoms with van der Waals surface area (Å²) in [6.45, 7) is 2.64. The minimum atomic E-state index is -0.0777. The maximum Gasteiger partial charge on any atom is 0.256 e. The molecule has 0 spiro atoms. The third kappa shape index (κ3) is 4.28. The van der Waals surface area contributed by atoms with Crippen LogP contribution in [0.2, 0.25) is 0 Å². The highest BCUT2D eigenvalue weighted by Crippen LogP contribution is 2.32. The zero-order chi connectivity index (χ0) is 23.7. The number of carbonyl (C=O) groups is 2. The van der Waals surface area contributed by atoms with Crippen LogP contribution in [0.1, 0.15) is 46.3 Å². The van der Waals surface area contributed by atoms with Crippen molar-refractivity contribution in [2.24, 2.45) is 5.73 Å². The van der Waals surface area contributed by atoms with Crippen LogP contribution in [0.5, 0.6) is 0 Å². The summed E-state index contributed by atoms with van der Waals surface area (Å²) in [5.41, 5.74) is 10.1. The van der Waals surface area contributed by atoms with Crippen molar-refractivity contribution in [3.05, 3.63) is 59.2 Å². The van der Waals surface area contributed by atoms with Crippen molar-refractivity contribution >= 4 is 22.8 Å². The number of hydrogen-bond donors (Lipinski definition) is 2. The van der Waals surface area contributed by atoms with E-state index in [0.717, 1.165) is 36.3 Å². The van der Waals surface area contributed by atoms with Gasteiger partial charge in [-0.25, -0.2) is 4.98 Å². The predicted molar refractivity (Wildman–Crippen MR) is 129 cm³/mol. The second kappa shape index (κ2) is 9.52. The van der Waals surface area contributed by atoms with Gasteiger partial charge in [-0.2, -0.15) is 0 Å². The smallest absolute Gasteiger partial charge is 0.256 e. The Labute approximate surface area is 198 Å². The van der Waals surface area contributed by atoms with E-state index in [9.17, 15) is 9.59 Å². The molecule has 3 heterocycles. The summed E-state index contributed by atoms with van der Waals surface area (Å²) in [5.74, 6) is 0.701. The Bertz CT molecular complexity index is 1200. The number of aromatic amines is 1. The highest BCUT2D eigenvalue weighted by atomic mass is 16.2. The van der Waals surface area contributed by atoms with E-state index in [0.29, 0.717) is 43.8 Å². The molecule has 1 unspecified atom stereocenters. The Morgan fingerprint density at radius 1 is 1.15 bits per heavy atom. The molecule has 2 aromatic heterocycles. The van der Waals surface area contributed by atoms with Crippen LogP contribution in [0.3, 0.4) is 0 Å². The molecule has 5 rings (SSSR count). The van der Waals surface area contributed by atoms with E-state index in [2.05, 4.69) is 28.0 Å². The molecule has 0 radical (unpaired) electrons. The number of fused-ring (bicyclic) bond motifs is 2. The summed E-state index contributed by atoms with van der Waals surface area (Å²) in [6.07, 6.45) is 5.17. The highest BCUT2D eigenvalue weighted by molar-refractivity contribution is 6.05. The summed E-state index contributed by atoms with van der Waals surface area (Å²) in [6, 6.07) is 10.1. The van der Waals surface area contributed by atoms with Crippen molar-refractivity contribution in [2.75, 3.05) is 39.8 Å². The number of rotatable bonds is 5. The number of H-pyrrole nitrogens is 1. The van der Waals surface area contributed by atoms with Gasteiger partial charge >= 0.3 is 0 Å². The van der Waals surface area contributed by atoms with Gasteiger partial charge < -0.3 is 20.5 Å². The zero-order valence-electron chi connectivity index (χ0n) is 19.5. The minimum absolute atomic E-state index is 0.000250. The Hall–Kier alpha value is -3.30. The van der Waals surface area contributed by atoms with Gasteiger partial charge in [0.05, 0.1) is 35.9 Å². The first-order valence-corrected chi connectivity index (χ1v) is 11.9. The van der Waals surface area contributed by atoms with Crippen molar-refractivity contribution in [3.63, 3.8) is 0 Å². The molecule has 1 aliphatic carbocycles. The fraction of sp³-hybridized carbons (Fsp3) is 0.440. The number of para-hydroxylation sites is 1. The molecule has 3 aromatic rings. The highest BCUT2D eigenvalue weighted by Gasteiger charge is 2.27. The maximum absolute atomic E-state index is 13.3. The molecule has 2 amide bonds. The lowest BCUT2D eigenvalue weighted by molar-refractivity contribution is -0.131. The number of amides is 2. The van der Waals surface area contributed by atoms with Crippen molar-refractivity contribution in [2.45, 2.75) is 31.8 Å². The number of hydrogen-bond acceptors (Lipinski definition) is 6. The second-order valence-corrected chi connectivity index (χ2v) is 9.13. The molecule has 178 valence electrons. The van der Waals surface area contributed by atoms with Crippen LogP contribution in [-0.4, -0.2) is 81.2 Å². The summed E-state index contributed by atoms with van der Waals surface area (Å²) < 4.78 is 0. The summed E-state index contributed by atoms with van der Waals surface area (Å²) in [7, 11) is 2.11. The van der Waals surface area contributed by atoms with Gasteiger partial charge in [-0.1, -0.05) is 12.1 Å². The van der Waals surface area contributed by atoms with E-state index >= 15 is 0 Å². The number of piperazine rings is 1. The second-order valence-electron chi connectivity index (χ2n) is 9.13. The molecule has 0 bridgehead atoms. The van der Waals surface area contributed by atoms with Gasteiger partial charge in [0.1, 0.15) is 11.3 Å². The van der Waals surface area contributed by atoms with Crippen molar-refractivity contribution in [1.82, 2.24) is 29.7 Å². The van der Waals surface area contributed by atoms with Crippen LogP contribution < -0.4 is 5.73 Å². The van der Waals surface area contributed by atoms with Gasteiger partial charge in [0.2, 0.25) is 5.91 Å². The van der Waals surface area contributed by atoms with Crippen LogP contribution in [0.25, 0.3) is 11.0 Å². The monoisotopic (exact) mass is 461 g/mol. The number of imidazole rings is 1. The largest absolute Gasteiger partial charge is 0.341 e. The topological polar surface area (TPSA) is 111 Å². The van der Waals surface area contributed by atoms with E-state index in [1.807, 2.05) is 30.5 Å². The molecule has 1 aliphatic heterocycles. The third-order valence-corrected chi connectivity index (χ3v) is 6.98. The number of benzene rings is 1. The average molecular weight is 462 g/mol. The molecule has 2 aliphatic rings. The summed E-state index contributed by atoms with van der Waals surface area (Å²) in [5, 5.41) is 0. The van der Waals surface area contributed by atoms with E-state index in [-0.39, 0.29) is 24.4 Å². The van der Waals surface area contributed by atoms with Gasteiger partial charge in [0.25, 0.3) is 5.91 Å². The van der Waals surface area contributed by atoms with Crippen LogP contribution in [0, 0.1) is 0 Å². The normalized spacial score (nSPS) is 18.4. The van der Waals surface area contributed by atoms with Crippen molar-refractivity contribution < 1.29 is 9.59 Å². The number of nitrogens with zero attached hydrogens (tertiary/aromatic N) is 5. The summed E-state index contributed by atoms with van der Waals surface area (Å²) >= 11 is 0. The number of pyridine rings is 1. The Kier molecular flexibility index (Phi) is 6.30. The molecular formula is C25H31N7O2. The van der Waals surface area contributed by atoms with Gasteiger partial charge in [-0.05, 0) is 50.1 Å². The number of nitrogens with one attached hydrogen (secondary N) is 1. The van der Waals surface area contributed by atoms with E-state index in [4.69, 9.17) is 10.7 Å². The lowest BCUT2D eigenvalue weighted by atomic mass is 9.91. The Morgan fingerprint density at radius 2 is 1.94 bits per heavy atom. The van der Waals surface area contributed by atoms with Crippen molar-refractivity contribution in [3.8, 4) is 0 Å². The fourth-order valence-electron chi connectivity index (χ4n) is 5.15. The first-order valence-electron chi connectivity index (χ1n) is 11.9. The molecule has 1 fully saturated rings. The molecule has 3 N–H and O–H groups in total. The standard InChI is InChI=1S/C25H31N7O2/c1-30(20-9-2-5-17-6-4-10-27-23(17)20)16-21-28-19-8-3-7-18(24(19)29-21)25(34)32-13-11-31(12-14-32)22(33)15-26/h3-4,6-8,10,20H,2,5,9,11-16,26H2,1H3,(H,28,29). The van der Waals surface area contributed by atoms with Crippen molar-refractivity contribution in [1.29, 1.82) is 0 Å². The molecule has 1 saturated heterocycles. The Balaban J connectivity index is 1.32. The van der Waals surface area contributed by atoms with Gasteiger partial charge in [-0.15, -0.1) is 0 Å². The molecule has 1 aromatic carbocycles. The number of aromatic nitrogens is 3. The number of nitrogens with two attached hydrogens (primary N) is 1.